The fourth-order valence-corrected chi connectivity index (χ4v) is 23.6. The van der Waals surface area contributed by atoms with Crippen LogP contribution >= 0.6 is 0 Å². The summed E-state index contributed by atoms with van der Waals surface area (Å²) in [5.41, 5.74) is 9.41. The van der Waals surface area contributed by atoms with Crippen molar-refractivity contribution < 1.29 is 0 Å². The van der Waals surface area contributed by atoms with Gasteiger partial charge >= 0.3 is 0 Å². The molecular weight excluding hydrogens is 1160 g/mol. The molecule has 0 saturated carbocycles. The first kappa shape index (κ1) is 56.4. The highest BCUT2D eigenvalue weighted by molar-refractivity contribution is 7.20. The molecule has 0 bridgehead atoms. The molecule has 3 aromatic heterocycles. The zero-order valence-corrected chi connectivity index (χ0v) is 52.8. The van der Waals surface area contributed by atoms with Crippen molar-refractivity contribution in [2.45, 2.75) is 0 Å². The van der Waals surface area contributed by atoms with Crippen LogP contribution in [0.3, 0.4) is 0 Å². The summed E-state index contributed by atoms with van der Waals surface area (Å²) < 4.78 is 2.30. The van der Waals surface area contributed by atoms with Crippen LogP contribution in [-0.4, -0.2) is 45.6 Å². The number of hydrogen-bond acceptors (Lipinski definition) is 5. The molecule has 0 atom stereocenters. The Labute approximate surface area is 543 Å². The van der Waals surface area contributed by atoms with Crippen LogP contribution in [0.1, 0.15) is 0 Å². The lowest BCUT2D eigenvalue weighted by molar-refractivity contribution is 1.05. The Balaban J connectivity index is 0.863. The molecule has 0 amide bonds. The van der Waals surface area contributed by atoms with Gasteiger partial charge in [0, 0.05) is 44.7 Å². The van der Waals surface area contributed by atoms with Crippen molar-refractivity contribution in [1.29, 1.82) is 0 Å². The van der Waals surface area contributed by atoms with Gasteiger partial charge in [0.1, 0.15) is 5.82 Å². The normalized spacial score (nSPS) is 11.7. The summed E-state index contributed by atoms with van der Waals surface area (Å²) in [7, 11) is -5.82. The number of fused-ring (bicyclic) bond motifs is 3. The number of rotatable bonds is 15. The molecule has 0 spiro atoms. The van der Waals surface area contributed by atoms with E-state index in [-0.39, 0.29) is 0 Å². The largest absolute Gasteiger partial charge is 0.294 e. The van der Waals surface area contributed by atoms with Crippen LogP contribution in [0, 0.1) is 0 Å². The zero-order chi connectivity index (χ0) is 62.0. The van der Waals surface area contributed by atoms with Gasteiger partial charge in [0.05, 0.1) is 16.7 Å². The molecule has 0 N–H and O–H groups in total. The third-order valence-corrected chi connectivity index (χ3v) is 27.7. The summed E-state index contributed by atoms with van der Waals surface area (Å²) in [6.45, 7) is 0. The first-order chi connectivity index (χ1) is 46.1. The summed E-state index contributed by atoms with van der Waals surface area (Å²) >= 11 is 0. The Hall–Kier alpha value is -11.8. The molecule has 438 valence electrons. The van der Waals surface area contributed by atoms with Crippen molar-refractivity contribution in [3.05, 3.63) is 364 Å². The molecule has 8 heteroatoms. The number of nitrogens with zero attached hydrogens (tertiary/aromatic N) is 6. The lowest BCUT2D eigenvalue weighted by Crippen LogP contribution is -2.74. The monoisotopic (exact) mass is 1220 g/mol. The van der Waals surface area contributed by atoms with E-state index in [0.717, 1.165) is 72.3 Å². The average molecular weight is 1220 g/mol. The molecule has 13 aromatic carbocycles. The van der Waals surface area contributed by atoms with E-state index in [0.29, 0.717) is 23.3 Å². The maximum Gasteiger partial charge on any atom is 0.179 e. The molecule has 0 saturated heterocycles. The second-order valence-corrected chi connectivity index (χ2v) is 31.1. The second kappa shape index (κ2) is 24.5. The first-order valence-corrected chi connectivity index (χ1v) is 35.6. The number of aromatic nitrogens is 6. The first-order valence-electron chi connectivity index (χ1n) is 31.6. The van der Waals surface area contributed by atoms with Crippen LogP contribution < -0.4 is 41.5 Å². The Morgan fingerprint density at radius 2 is 0.527 bits per heavy atom. The SMILES string of the molecule is c1ccc(-c2nc(-c3cccc([Si](c4ccccc4)(c4ccccc4)c4ccccc4)c3)nc(-c3ccccc3-c3cccc(-c4nc(-c5cccc([Si](c6ccccc6)(c6ccccc6)c6ccccc6)c5)cc(-n5c6ccccc6c6ccccc65)n4)c3)n2)cc1. The quantitative estimate of drug-likeness (QED) is 0.0756. The predicted octanol–water partition coefficient (Wildman–Crippen LogP) is 14.5. The van der Waals surface area contributed by atoms with Gasteiger partial charge in [0.25, 0.3) is 0 Å². The van der Waals surface area contributed by atoms with Crippen LogP contribution in [0.4, 0.5) is 0 Å². The van der Waals surface area contributed by atoms with Gasteiger partial charge in [-0.25, -0.2) is 24.9 Å². The fourth-order valence-electron chi connectivity index (χ4n) is 14.0. The molecule has 0 aliphatic heterocycles. The van der Waals surface area contributed by atoms with Crippen molar-refractivity contribution in [2.24, 2.45) is 0 Å². The average Bonchev–Trinajstić information content (AvgIpc) is 1.69. The molecule has 0 aliphatic carbocycles. The minimum Gasteiger partial charge on any atom is -0.294 e. The molecule has 93 heavy (non-hydrogen) atoms. The molecule has 0 unspecified atom stereocenters. The third kappa shape index (κ3) is 10.2. The van der Waals surface area contributed by atoms with Crippen molar-refractivity contribution in [3.63, 3.8) is 0 Å². The molecule has 0 aliphatic rings. The maximum atomic E-state index is 5.63. The minimum absolute atomic E-state index is 0.566. The van der Waals surface area contributed by atoms with Gasteiger partial charge < -0.3 is 0 Å². The summed E-state index contributed by atoms with van der Waals surface area (Å²) in [5, 5.41) is 12.6. The molecule has 6 nitrogen and oxygen atoms in total. The minimum atomic E-state index is -2.92. The van der Waals surface area contributed by atoms with Crippen molar-refractivity contribution in [3.8, 4) is 73.8 Å². The Morgan fingerprint density at radius 3 is 1.01 bits per heavy atom. The lowest BCUT2D eigenvalue weighted by Gasteiger charge is -2.34. The van der Waals surface area contributed by atoms with Gasteiger partial charge in [-0.2, -0.15) is 0 Å². The van der Waals surface area contributed by atoms with Crippen molar-refractivity contribution in [1.82, 2.24) is 29.5 Å². The Bertz CT molecular complexity index is 5080. The molecular formula is C85H60N6Si2. The molecule has 0 fully saturated rings. The number of para-hydroxylation sites is 2. The molecule has 3 heterocycles. The van der Waals surface area contributed by atoms with Crippen molar-refractivity contribution in [2.75, 3.05) is 0 Å². The number of benzene rings is 13. The van der Waals surface area contributed by atoms with Gasteiger partial charge in [-0.05, 0) is 70.8 Å². The molecule has 0 radical (unpaired) electrons. The summed E-state index contributed by atoms with van der Waals surface area (Å²) in [5.74, 6) is 3.11. The van der Waals surface area contributed by atoms with Gasteiger partial charge in [-0.15, -0.1) is 0 Å². The highest BCUT2D eigenvalue weighted by Gasteiger charge is 2.43. The van der Waals surface area contributed by atoms with E-state index in [1.807, 2.05) is 18.2 Å². The molecule has 16 rings (SSSR count). The van der Waals surface area contributed by atoms with Gasteiger partial charge in [-0.1, -0.05) is 340 Å². The lowest BCUT2D eigenvalue weighted by atomic mass is 9.97. The summed E-state index contributed by atoms with van der Waals surface area (Å²) in [6, 6.07) is 131. The van der Waals surface area contributed by atoms with E-state index in [2.05, 4.69) is 350 Å². The van der Waals surface area contributed by atoms with Gasteiger partial charge in [0.2, 0.25) is 0 Å². The Morgan fingerprint density at radius 1 is 0.204 bits per heavy atom. The van der Waals surface area contributed by atoms with Crippen molar-refractivity contribution >= 4 is 79.4 Å². The standard InChI is InChI=1S/C85H60N6Si2/c1-8-31-61(32-9-1)82-88-84(65-36-30-50-73(59-65)93(69-43-16-5-17-44-69,70-45-18-6-19-46-70)71-47-20-7-21-48-71)90-85(89-82)77-54-23-22-51-74(77)62-33-28-35-64(57-62)83-86-78(60-81(87-83)91-79-55-26-24-52-75(79)76-53-25-27-56-80(76)91)63-34-29-49-72(58-63)92(66-37-10-2-11-38-66,67-39-12-3-13-40-67)68-41-14-4-15-42-68/h1-60H. The van der Waals surface area contributed by atoms with E-state index < -0.39 is 16.1 Å². The number of hydrogen-bond donors (Lipinski definition) is 0. The highest BCUT2D eigenvalue weighted by atomic mass is 28.3. The van der Waals surface area contributed by atoms with Crippen LogP contribution in [0.15, 0.2) is 364 Å². The molecule has 16 aromatic rings. The topological polar surface area (TPSA) is 69.4 Å². The van der Waals surface area contributed by atoms with Gasteiger partial charge in [-0.3, -0.25) is 4.57 Å². The highest BCUT2D eigenvalue weighted by Crippen LogP contribution is 2.37. The summed E-state index contributed by atoms with van der Waals surface area (Å²) in [4.78, 5) is 27.4. The van der Waals surface area contributed by atoms with E-state index >= 15 is 0 Å². The maximum absolute atomic E-state index is 5.63. The van der Waals surface area contributed by atoms with E-state index in [1.165, 1.54) is 41.5 Å². The van der Waals surface area contributed by atoms with Crippen LogP contribution in [-0.2, 0) is 0 Å². The Kier molecular flexibility index (Phi) is 14.9. The van der Waals surface area contributed by atoms with E-state index in [9.17, 15) is 0 Å². The van der Waals surface area contributed by atoms with Crippen LogP contribution in [0.5, 0.6) is 0 Å². The third-order valence-electron chi connectivity index (χ3n) is 18.2. The fraction of sp³-hybridized carbons (Fsp3) is 0. The van der Waals surface area contributed by atoms with E-state index in [1.54, 1.807) is 0 Å². The van der Waals surface area contributed by atoms with Gasteiger partial charge in [0.15, 0.2) is 39.4 Å². The zero-order valence-electron chi connectivity index (χ0n) is 50.8. The van der Waals surface area contributed by atoms with Crippen LogP contribution in [0.2, 0.25) is 0 Å². The summed E-state index contributed by atoms with van der Waals surface area (Å²) in [6.07, 6.45) is 0. The second-order valence-electron chi connectivity index (χ2n) is 23.5. The smallest absolute Gasteiger partial charge is 0.179 e. The predicted molar refractivity (Wildman–Crippen MR) is 390 cm³/mol. The van der Waals surface area contributed by atoms with E-state index in [4.69, 9.17) is 24.9 Å². The van der Waals surface area contributed by atoms with Crippen LogP contribution in [0.25, 0.3) is 95.6 Å².